The molecule has 0 spiro atoms. The van der Waals surface area contributed by atoms with Crippen molar-refractivity contribution in [3.63, 3.8) is 0 Å². The van der Waals surface area contributed by atoms with Crippen LogP contribution in [0.4, 0.5) is 0 Å². The summed E-state index contributed by atoms with van der Waals surface area (Å²) in [5.41, 5.74) is 0. The maximum atomic E-state index is 8.59. The molecule has 0 rings (SSSR count). The summed E-state index contributed by atoms with van der Waals surface area (Å²) in [6.07, 6.45) is 0. The molecule has 25 heavy (non-hydrogen) atoms. The van der Waals surface area contributed by atoms with Crippen molar-refractivity contribution in [2.45, 2.75) is 0 Å². The zero-order valence-electron chi connectivity index (χ0n) is 11.3. The van der Waals surface area contributed by atoms with Crippen molar-refractivity contribution in [2.75, 3.05) is 0 Å². The van der Waals surface area contributed by atoms with Gasteiger partial charge in [0.15, 0.2) is 0 Å². The standard InChI is InChI=1S/Na.6HO3P/c;6*1-4(2)3/h;6*(H,1,2,3). The molecule has 0 fully saturated rings. The summed E-state index contributed by atoms with van der Waals surface area (Å²) in [4.78, 5) is 42.1. The molecule has 0 aromatic heterocycles. The van der Waals surface area contributed by atoms with Crippen molar-refractivity contribution in [3.05, 3.63) is 0 Å². The van der Waals surface area contributed by atoms with Crippen LogP contribution in [0.15, 0.2) is 0 Å². The first-order valence-electron chi connectivity index (χ1n) is 3.39. The van der Waals surface area contributed by atoms with Gasteiger partial charge in [-0.2, -0.15) is 0 Å². The van der Waals surface area contributed by atoms with E-state index < -0.39 is 47.4 Å². The molecule has 0 aromatic carbocycles. The Kier molecular flexibility index (Phi) is 70.0. The van der Waals surface area contributed by atoms with Crippen molar-refractivity contribution in [3.8, 4) is 0 Å². The van der Waals surface area contributed by atoms with E-state index in [-0.39, 0.29) is 29.6 Å². The molecular weight excluding hydrogens is 497 g/mol. The zero-order valence-corrected chi connectivity index (χ0v) is 18.6. The van der Waals surface area contributed by atoms with Crippen molar-refractivity contribution in [2.24, 2.45) is 0 Å². The third-order valence-electron chi connectivity index (χ3n) is 0. The van der Waals surface area contributed by atoms with Gasteiger partial charge >= 0.3 is 47.4 Å². The summed E-state index contributed by atoms with van der Waals surface area (Å²) in [6.45, 7) is 0. The number of hydrogen-bond donors (Lipinski definition) is 6. The van der Waals surface area contributed by atoms with Gasteiger partial charge in [-0.1, -0.05) is 0 Å². The van der Waals surface area contributed by atoms with E-state index in [0.29, 0.717) is 0 Å². The van der Waals surface area contributed by atoms with E-state index in [4.69, 9.17) is 84.1 Å². The normalized spacial score (nSPS) is 6.00. The van der Waals surface area contributed by atoms with Crippen molar-refractivity contribution < 1.29 is 84.1 Å². The molecule has 0 aliphatic heterocycles. The molecule has 0 heterocycles. The second kappa shape index (κ2) is 39.3. The first-order valence-corrected chi connectivity index (χ1v) is 10.2. The van der Waals surface area contributed by atoms with Crippen LogP contribution in [0.3, 0.4) is 0 Å². The van der Waals surface area contributed by atoms with Gasteiger partial charge in [0, 0.05) is 29.6 Å². The summed E-state index contributed by atoms with van der Waals surface area (Å²) in [5.74, 6) is 0. The minimum atomic E-state index is -3.12. The summed E-state index contributed by atoms with van der Waals surface area (Å²) in [6, 6.07) is 0. The van der Waals surface area contributed by atoms with Crippen molar-refractivity contribution >= 4 is 77.0 Å². The predicted octanol–water partition coefficient (Wildman–Crippen LogP) is 0.0188. The average Bonchev–Trinajstić information content (AvgIpc) is 2.08. The van der Waals surface area contributed by atoms with Crippen molar-refractivity contribution in [1.29, 1.82) is 0 Å². The van der Waals surface area contributed by atoms with E-state index in [1.54, 1.807) is 0 Å². The van der Waals surface area contributed by atoms with Gasteiger partial charge in [-0.05, 0) is 0 Å². The van der Waals surface area contributed by atoms with Crippen LogP contribution in [0.1, 0.15) is 0 Å². The molecule has 0 unspecified atom stereocenters. The second-order valence-electron chi connectivity index (χ2n) is 1.43. The van der Waals surface area contributed by atoms with E-state index in [1.807, 2.05) is 0 Å². The Morgan fingerprint density at radius 2 is 0.280 bits per heavy atom. The van der Waals surface area contributed by atoms with Crippen LogP contribution in [0, 0.1) is 0 Å². The van der Waals surface area contributed by atoms with Gasteiger partial charge in [-0.3, -0.25) is 29.4 Å². The average molecular weight is 503 g/mol. The Bertz CT molecular complexity index is 471. The van der Waals surface area contributed by atoms with Crippen LogP contribution in [-0.2, 0) is 54.8 Å². The molecule has 0 saturated carbocycles. The SMILES string of the molecule is O=P(=O)O.O=P(=O)O.O=P(=O)O.O=P(=O)O.O=P(=O)O.O=P(=O)O.[Na]. The molecule has 0 amide bonds. The van der Waals surface area contributed by atoms with E-state index in [9.17, 15) is 0 Å². The Balaban J connectivity index is -0.0000000309. The molecule has 0 bridgehead atoms. The molecule has 0 atom stereocenters. The van der Waals surface area contributed by atoms with Crippen LogP contribution < -0.4 is 0 Å². The number of hydrogen-bond acceptors (Lipinski definition) is 12. The topological polar surface area (TPSA) is 326 Å². The van der Waals surface area contributed by atoms with Gasteiger partial charge in [0.1, 0.15) is 0 Å². The first kappa shape index (κ1) is 44.5. The monoisotopic (exact) mass is 503 g/mol. The van der Waals surface area contributed by atoms with Crippen molar-refractivity contribution in [1.82, 2.24) is 0 Å². The summed E-state index contributed by atoms with van der Waals surface area (Å²) < 4.78 is 103. The first-order chi connectivity index (χ1) is 10.4. The second-order valence-corrected chi connectivity index (χ2v) is 4.28. The van der Waals surface area contributed by atoms with Crippen LogP contribution in [0.25, 0.3) is 0 Å². The van der Waals surface area contributed by atoms with Gasteiger partial charge in [-0.15, -0.1) is 0 Å². The van der Waals surface area contributed by atoms with Gasteiger partial charge in [0.2, 0.25) is 0 Å². The fraction of sp³-hybridized carbons (Fsp3) is 0. The molecular formula is H6NaO18P6. The van der Waals surface area contributed by atoms with Crippen LogP contribution in [0.5, 0.6) is 0 Å². The molecule has 6 N–H and O–H groups in total. The third-order valence-corrected chi connectivity index (χ3v) is 0. The maximum Gasteiger partial charge on any atom is 0.465 e. The Morgan fingerprint density at radius 1 is 0.280 bits per heavy atom. The fourth-order valence-corrected chi connectivity index (χ4v) is 0. The molecule has 0 saturated heterocycles. The molecule has 18 nitrogen and oxygen atoms in total. The minimum absolute atomic E-state index is 0. The Morgan fingerprint density at radius 3 is 0.280 bits per heavy atom. The molecule has 145 valence electrons. The quantitative estimate of drug-likeness (QED) is 0.187. The van der Waals surface area contributed by atoms with Gasteiger partial charge in [0.05, 0.1) is 0 Å². The predicted molar refractivity (Wildman–Crippen MR) is 68.8 cm³/mol. The molecule has 0 aliphatic rings. The summed E-state index contributed by atoms with van der Waals surface area (Å²) in [7, 11) is -18.7. The van der Waals surface area contributed by atoms with E-state index >= 15 is 0 Å². The molecule has 0 aromatic rings. The van der Waals surface area contributed by atoms with Crippen LogP contribution in [0.2, 0.25) is 0 Å². The van der Waals surface area contributed by atoms with E-state index in [0.717, 1.165) is 0 Å². The van der Waals surface area contributed by atoms with Gasteiger partial charge in [0.25, 0.3) is 0 Å². The minimum Gasteiger partial charge on any atom is -0.287 e. The van der Waals surface area contributed by atoms with Gasteiger partial charge < -0.3 is 0 Å². The molecule has 25 heteroatoms. The Labute approximate surface area is 161 Å². The zero-order chi connectivity index (χ0) is 21.5. The summed E-state index contributed by atoms with van der Waals surface area (Å²) >= 11 is 0. The fourth-order valence-electron chi connectivity index (χ4n) is 0. The van der Waals surface area contributed by atoms with E-state index in [2.05, 4.69) is 0 Å². The van der Waals surface area contributed by atoms with Crippen LogP contribution >= 0.6 is 47.4 Å². The van der Waals surface area contributed by atoms with E-state index in [1.165, 1.54) is 0 Å². The largest absolute Gasteiger partial charge is 0.465 e. The molecule has 0 aliphatic carbocycles. The van der Waals surface area contributed by atoms with Crippen LogP contribution in [-0.4, -0.2) is 58.9 Å². The Hall–Kier alpha value is 0.160. The number of rotatable bonds is 0. The maximum absolute atomic E-state index is 8.59. The van der Waals surface area contributed by atoms with Gasteiger partial charge in [-0.25, -0.2) is 54.8 Å². The summed E-state index contributed by atoms with van der Waals surface area (Å²) in [5, 5.41) is 0. The smallest absolute Gasteiger partial charge is 0.287 e. The molecule has 1 radical (unpaired) electrons. The third kappa shape index (κ3) is 463000.